The van der Waals surface area contributed by atoms with Crippen molar-refractivity contribution in [2.75, 3.05) is 6.54 Å². The van der Waals surface area contributed by atoms with Gasteiger partial charge in [0.05, 0.1) is 6.04 Å². The number of carboxylic acid groups (broad SMARTS) is 3. The van der Waals surface area contributed by atoms with Crippen molar-refractivity contribution in [3.05, 3.63) is 0 Å². The molecule has 0 aromatic rings. The first-order valence-corrected chi connectivity index (χ1v) is 18.2. The van der Waals surface area contributed by atoms with Crippen LogP contribution in [-0.2, 0) is 33.6 Å². The van der Waals surface area contributed by atoms with Crippen molar-refractivity contribution < 1.29 is 48.9 Å². The highest BCUT2D eigenvalue weighted by molar-refractivity contribution is 5.87. The summed E-state index contributed by atoms with van der Waals surface area (Å²) in [6.07, 6.45) is 3.63. The van der Waals surface area contributed by atoms with E-state index < -0.39 is 41.8 Å². The van der Waals surface area contributed by atoms with E-state index in [0.717, 1.165) is 6.42 Å². The first-order chi connectivity index (χ1) is 23.3. The number of carbonyl (C=O) groups is 7. The number of Topliss-reactive ketones (excluding diaryl/α,β-unsaturated/α-hetero) is 1. The quantitative estimate of drug-likeness (QED) is 0.0586. The fourth-order valence-corrected chi connectivity index (χ4v) is 6.24. The van der Waals surface area contributed by atoms with E-state index in [-0.39, 0.29) is 78.5 Å². The van der Waals surface area contributed by atoms with Crippen molar-refractivity contribution in [2.45, 2.75) is 169 Å². The van der Waals surface area contributed by atoms with Crippen LogP contribution in [0.2, 0.25) is 0 Å². The van der Waals surface area contributed by atoms with Gasteiger partial charge in [0.25, 0.3) is 0 Å². The molecule has 0 radical (unpaired) electrons. The van der Waals surface area contributed by atoms with Crippen LogP contribution < -0.4 is 21.3 Å². The predicted octanol–water partition coefficient (Wildman–Crippen LogP) is 4.43. The Morgan fingerprint density at radius 3 is 1.53 bits per heavy atom. The number of hydrogen-bond acceptors (Lipinski definition) is 8. The zero-order chi connectivity index (χ0) is 39.6. The molecule has 0 spiro atoms. The molecular weight excluding hydrogens is 660 g/mol. The maximum Gasteiger partial charge on any atom is 0.326 e. The molecule has 0 saturated carbocycles. The van der Waals surface area contributed by atoms with Gasteiger partial charge in [-0.25, -0.2) is 9.59 Å². The molecule has 0 aliphatic heterocycles. The van der Waals surface area contributed by atoms with Gasteiger partial charge in [-0.3, -0.25) is 24.0 Å². The molecule has 3 amide bonds. The number of nitrogens with one attached hydrogen (secondary N) is 4. The largest absolute Gasteiger partial charge is 0.481 e. The second-order valence-electron chi connectivity index (χ2n) is 16.6. The normalized spacial score (nSPS) is 13.9. The Balaban J connectivity index is 4.70. The smallest absolute Gasteiger partial charge is 0.326 e. The van der Waals surface area contributed by atoms with Gasteiger partial charge in [0.2, 0.25) is 17.7 Å². The Bertz CT molecular complexity index is 1180. The Kier molecular flexibility index (Phi) is 20.8. The van der Waals surface area contributed by atoms with Crippen LogP contribution in [0.1, 0.15) is 146 Å². The van der Waals surface area contributed by atoms with Crippen LogP contribution in [0, 0.1) is 16.7 Å². The van der Waals surface area contributed by atoms with Crippen molar-refractivity contribution in [2.24, 2.45) is 16.7 Å². The number of amides is 3. The molecule has 0 rings (SSSR count). The number of unbranched alkanes of at least 4 members (excludes halogenated alkanes) is 1. The molecule has 14 nitrogen and oxygen atoms in total. The summed E-state index contributed by atoms with van der Waals surface area (Å²) >= 11 is 0. The van der Waals surface area contributed by atoms with Crippen LogP contribution in [0.3, 0.4) is 0 Å². The van der Waals surface area contributed by atoms with Gasteiger partial charge in [-0.1, -0.05) is 41.5 Å². The fraction of sp³-hybridized carbons (Fsp3) is 0.811. The van der Waals surface area contributed by atoms with Crippen molar-refractivity contribution in [3.63, 3.8) is 0 Å². The third-order valence-corrected chi connectivity index (χ3v) is 8.58. The summed E-state index contributed by atoms with van der Waals surface area (Å²) in [6, 6.07) is -2.98. The number of aliphatic carboxylic acids is 3. The van der Waals surface area contributed by atoms with E-state index >= 15 is 0 Å². The van der Waals surface area contributed by atoms with Gasteiger partial charge in [0, 0.05) is 43.7 Å². The molecule has 0 aromatic heterocycles. The average Bonchev–Trinajstić information content (AvgIpc) is 2.97. The molecule has 14 heteroatoms. The molecule has 0 aromatic carbocycles. The average molecular weight is 727 g/mol. The lowest BCUT2D eigenvalue weighted by molar-refractivity contribution is -0.143. The molecule has 294 valence electrons. The van der Waals surface area contributed by atoms with Crippen LogP contribution in [0.4, 0.5) is 0 Å². The molecule has 3 atom stereocenters. The van der Waals surface area contributed by atoms with E-state index in [9.17, 15) is 43.8 Å². The van der Waals surface area contributed by atoms with E-state index in [2.05, 4.69) is 21.3 Å². The van der Waals surface area contributed by atoms with Gasteiger partial charge in [0.15, 0.2) is 5.78 Å². The Hall–Kier alpha value is -3.55. The summed E-state index contributed by atoms with van der Waals surface area (Å²) in [5.74, 6) is -5.04. The summed E-state index contributed by atoms with van der Waals surface area (Å²) in [4.78, 5) is 84.5. The molecule has 0 bridgehead atoms. The van der Waals surface area contributed by atoms with E-state index in [1.165, 1.54) is 0 Å². The first-order valence-electron chi connectivity index (χ1n) is 18.2. The molecule has 0 aliphatic carbocycles. The van der Waals surface area contributed by atoms with E-state index in [4.69, 9.17) is 5.11 Å². The molecule has 0 fully saturated rings. The van der Waals surface area contributed by atoms with Gasteiger partial charge < -0.3 is 36.6 Å². The Morgan fingerprint density at radius 2 is 1.06 bits per heavy atom. The summed E-state index contributed by atoms with van der Waals surface area (Å²) in [5.41, 5.74) is -0.591. The number of carbonyl (C=O) groups excluding carboxylic acids is 4. The number of carboxylic acids is 3. The highest BCUT2D eigenvalue weighted by Crippen LogP contribution is 2.40. The maximum absolute atomic E-state index is 12.6. The van der Waals surface area contributed by atoms with Gasteiger partial charge in [0.1, 0.15) is 12.1 Å². The highest BCUT2D eigenvalue weighted by atomic mass is 16.4. The van der Waals surface area contributed by atoms with Gasteiger partial charge in [-0.05, 0) is 89.4 Å². The first kappa shape index (κ1) is 47.4. The molecule has 0 saturated heterocycles. The number of ketones is 1. The predicted molar refractivity (Wildman–Crippen MR) is 194 cm³/mol. The third kappa shape index (κ3) is 23.5. The topological polar surface area (TPSA) is 228 Å². The molecule has 0 aliphatic rings. The zero-order valence-electron chi connectivity index (χ0n) is 32.4. The second-order valence-corrected chi connectivity index (χ2v) is 16.6. The van der Waals surface area contributed by atoms with E-state index in [0.29, 0.717) is 45.1 Å². The lowest BCUT2D eigenvalue weighted by atomic mass is 9.71. The molecule has 0 unspecified atom stereocenters. The van der Waals surface area contributed by atoms with Crippen LogP contribution in [0.5, 0.6) is 0 Å². The zero-order valence-corrected chi connectivity index (χ0v) is 32.4. The van der Waals surface area contributed by atoms with Crippen molar-refractivity contribution in [1.82, 2.24) is 21.3 Å². The monoisotopic (exact) mass is 726 g/mol. The summed E-state index contributed by atoms with van der Waals surface area (Å²) in [6.45, 7) is 18.2. The van der Waals surface area contributed by atoms with Crippen molar-refractivity contribution in [1.29, 1.82) is 0 Å². The molecule has 0 heterocycles. The summed E-state index contributed by atoms with van der Waals surface area (Å²) in [7, 11) is 0. The van der Waals surface area contributed by atoms with Crippen LogP contribution in [-0.4, -0.2) is 86.9 Å². The summed E-state index contributed by atoms with van der Waals surface area (Å²) < 4.78 is 0. The minimum absolute atomic E-state index is 0.0743. The number of rotatable bonds is 27. The van der Waals surface area contributed by atoms with Crippen LogP contribution in [0.25, 0.3) is 0 Å². The van der Waals surface area contributed by atoms with Gasteiger partial charge >= 0.3 is 17.9 Å². The molecule has 7 N–H and O–H groups in total. The maximum atomic E-state index is 12.6. The second kappa shape index (κ2) is 22.4. The minimum Gasteiger partial charge on any atom is -0.481 e. The molecular formula is C37H66N4O10. The Morgan fingerprint density at radius 1 is 0.569 bits per heavy atom. The lowest BCUT2D eigenvalue weighted by Crippen LogP contribution is -2.49. The Labute approximate surface area is 304 Å². The highest BCUT2D eigenvalue weighted by Gasteiger charge is 2.30. The fourth-order valence-electron chi connectivity index (χ4n) is 6.24. The van der Waals surface area contributed by atoms with Gasteiger partial charge in [-0.2, -0.15) is 0 Å². The van der Waals surface area contributed by atoms with Crippen molar-refractivity contribution >= 4 is 41.4 Å². The SMILES string of the molecule is CC(C)C(=O)[C@H](CCCCNC(=O)CC[C@H](NC(=O)CC[C@H](NC(=O)CCCC(C)(C)CC(C)(C)CCC(=O)O)C(=O)O)C(=O)O)NC(C)(C)C. The van der Waals surface area contributed by atoms with Crippen LogP contribution >= 0.6 is 0 Å². The third-order valence-electron chi connectivity index (χ3n) is 8.58. The van der Waals surface area contributed by atoms with Crippen LogP contribution in [0.15, 0.2) is 0 Å². The standard InChI is InChI=1S/C37H66N4O10/c1-24(2)32(47)25(41-35(3,4)5)13-10-11-22-38-28(42)17-15-26(33(48)49)40-30(44)18-16-27(34(50)51)39-29(43)14-12-20-36(6,7)23-37(8,9)21-19-31(45)46/h24-27,41H,10-23H2,1-9H3,(H,38,42)(H,39,43)(H,40,44)(H,45,46)(H,48,49)(H,50,51)/t25-,26-,27-/m0/s1. The summed E-state index contributed by atoms with van der Waals surface area (Å²) in [5, 5.41) is 39.0. The van der Waals surface area contributed by atoms with Crippen molar-refractivity contribution in [3.8, 4) is 0 Å². The van der Waals surface area contributed by atoms with E-state index in [1.807, 2.05) is 62.3 Å². The lowest BCUT2D eigenvalue weighted by Gasteiger charge is -2.35. The van der Waals surface area contributed by atoms with Gasteiger partial charge in [-0.15, -0.1) is 0 Å². The minimum atomic E-state index is -1.36. The molecule has 51 heavy (non-hydrogen) atoms. The number of hydrogen-bond donors (Lipinski definition) is 7. The van der Waals surface area contributed by atoms with E-state index in [1.54, 1.807) is 0 Å².